The average Bonchev–Trinajstić information content (AvgIpc) is 2.77. The lowest BCUT2D eigenvalue weighted by molar-refractivity contribution is -0.121. The Morgan fingerprint density at radius 3 is 2.81 bits per heavy atom. The molecule has 16 heavy (non-hydrogen) atoms. The number of carbonyl (C=O) groups is 1. The van der Waals surface area contributed by atoms with Gasteiger partial charge in [-0.3, -0.25) is 4.79 Å². The van der Waals surface area contributed by atoms with Crippen molar-refractivity contribution >= 4 is 18.3 Å². The van der Waals surface area contributed by atoms with Crippen LogP contribution in [0.25, 0.3) is 0 Å². The van der Waals surface area contributed by atoms with E-state index in [4.69, 9.17) is 0 Å². The second-order valence-corrected chi connectivity index (χ2v) is 5.48. The van der Waals surface area contributed by atoms with Crippen LogP contribution in [0.1, 0.15) is 39.0 Å². The SMILES string of the molecule is CC1(CNC(=O)CCC2CCNC2)CC1.Cl. The van der Waals surface area contributed by atoms with Gasteiger partial charge in [-0.1, -0.05) is 6.92 Å². The van der Waals surface area contributed by atoms with Crippen LogP contribution in [0.3, 0.4) is 0 Å². The van der Waals surface area contributed by atoms with Crippen LogP contribution in [-0.2, 0) is 4.79 Å². The summed E-state index contributed by atoms with van der Waals surface area (Å²) in [7, 11) is 0. The molecular formula is C12H23ClN2O. The molecule has 0 aromatic carbocycles. The topological polar surface area (TPSA) is 41.1 Å². The van der Waals surface area contributed by atoms with Gasteiger partial charge in [-0.2, -0.15) is 0 Å². The number of carbonyl (C=O) groups excluding carboxylic acids is 1. The van der Waals surface area contributed by atoms with Gasteiger partial charge in [0.05, 0.1) is 0 Å². The number of rotatable bonds is 5. The molecule has 1 aliphatic heterocycles. The Hall–Kier alpha value is -0.280. The monoisotopic (exact) mass is 246 g/mol. The highest BCUT2D eigenvalue weighted by Crippen LogP contribution is 2.44. The van der Waals surface area contributed by atoms with E-state index in [1.165, 1.54) is 19.3 Å². The fourth-order valence-corrected chi connectivity index (χ4v) is 2.09. The number of halogens is 1. The minimum atomic E-state index is 0. The van der Waals surface area contributed by atoms with Crippen molar-refractivity contribution in [3.8, 4) is 0 Å². The molecule has 4 heteroatoms. The van der Waals surface area contributed by atoms with Crippen molar-refractivity contribution in [2.75, 3.05) is 19.6 Å². The van der Waals surface area contributed by atoms with Crippen molar-refractivity contribution in [2.45, 2.75) is 39.0 Å². The minimum absolute atomic E-state index is 0. The third-order valence-corrected chi connectivity index (χ3v) is 3.76. The van der Waals surface area contributed by atoms with Crippen molar-refractivity contribution < 1.29 is 4.79 Å². The third-order valence-electron chi connectivity index (χ3n) is 3.76. The van der Waals surface area contributed by atoms with Crippen LogP contribution in [-0.4, -0.2) is 25.5 Å². The van der Waals surface area contributed by atoms with Gasteiger partial charge in [0.15, 0.2) is 0 Å². The molecule has 3 nitrogen and oxygen atoms in total. The van der Waals surface area contributed by atoms with Gasteiger partial charge in [-0.15, -0.1) is 12.4 Å². The average molecular weight is 247 g/mol. The fraction of sp³-hybridized carbons (Fsp3) is 0.917. The van der Waals surface area contributed by atoms with Gasteiger partial charge in [0.25, 0.3) is 0 Å². The molecule has 2 rings (SSSR count). The van der Waals surface area contributed by atoms with Crippen LogP contribution in [0.4, 0.5) is 0 Å². The predicted molar refractivity (Wildman–Crippen MR) is 67.8 cm³/mol. The molecule has 0 bridgehead atoms. The van der Waals surface area contributed by atoms with E-state index in [0.29, 0.717) is 11.8 Å². The van der Waals surface area contributed by atoms with E-state index in [0.717, 1.165) is 32.0 Å². The summed E-state index contributed by atoms with van der Waals surface area (Å²) in [4.78, 5) is 11.5. The van der Waals surface area contributed by atoms with Crippen LogP contribution in [0, 0.1) is 11.3 Å². The summed E-state index contributed by atoms with van der Waals surface area (Å²) >= 11 is 0. The van der Waals surface area contributed by atoms with Crippen LogP contribution in [0.15, 0.2) is 0 Å². The maximum atomic E-state index is 11.5. The molecule has 1 saturated carbocycles. The largest absolute Gasteiger partial charge is 0.356 e. The number of hydrogen-bond acceptors (Lipinski definition) is 2. The molecule has 1 atom stereocenters. The van der Waals surface area contributed by atoms with E-state index in [2.05, 4.69) is 17.6 Å². The van der Waals surface area contributed by atoms with Crippen LogP contribution in [0.5, 0.6) is 0 Å². The minimum Gasteiger partial charge on any atom is -0.356 e. The molecule has 0 radical (unpaired) electrons. The van der Waals surface area contributed by atoms with E-state index >= 15 is 0 Å². The molecule has 1 amide bonds. The Morgan fingerprint density at radius 2 is 2.25 bits per heavy atom. The summed E-state index contributed by atoms with van der Waals surface area (Å²) in [6.07, 6.45) is 5.56. The second-order valence-electron chi connectivity index (χ2n) is 5.48. The van der Waals surface area contributed by atoms with E-state index in [9.17, 15) is 4.79 Å². The first-order valence-corrected chi connectivity index (χ1v) is 6.15. The zero-order valence-electron chi connectivity index (χ0n) is 10.1. The van der Waals surface area contributed by atoms with Gasteiger partial charge >= 0.3 is 0 Å². The highest BCUT2D eigenvalue weighted by Gasteiger charge is 2.37. The third kappa shape index (κ3) is 4.30. The van der Waals surface area contributed by atoms with Crippen LogP contribution >= 0.6 is 12.4 Å². The summed E-state index contributed by atoms with van der Waals surface area (Å²) in [6, 6.07) is 0. The maximum Gasteiger partial charge on any atom is 0.220 e. The molecule has 1 saturated heterocycles. The molecule has 0 spiro atoms. The van der Waals surface area contributed by atoms with E-state index in [1.54, 1.807) is 0 Å². The van der Waals surface area contributed by atoms with Gasteiger partial charge in [-0.05, 0) is 50.1 Å². The Labute approximate surface area is 104 Å². The smallest absolute Gasteiger partial charge is 0.220 e. The number of amides is 1. The van der Waals surface area contributed by atoms with Gasteiger partial charge < -0.3 is 10.6 Å². The Morgan fingerprint density at radius 1 is 1.50 bits per heavy atom. The van der Waals surface area contributed by atoms with Crippen LogP contribution in [0.2, 0.25) is 0 Å². The quantitative estimate of drug-likeness (QED) is 0.776. The first kappa shape index (κ1) is 13.8. The lowest BCUT2D eigenvalue weighted by Gasteiger charge is -2.11. The zero-order chi connectivity index (χ0) is 10.7. The molecule has 0 aromatic rings. The standard InChI is InChI=1S/C12H22N2O.ClH/c1-12(5-6-12)9-14-11(15)3-2-10-4-7-13-8-10;/h10,13H,2-9H2,1H3,(H,14,15);1H. The lowest BCUT2D eigenvalue weighted by Crippen LogP contribution is -2.29. The summed E-state index contributed by atoms with van der Waals surface area (Å²) in [6.45, 7) is 5.36. The Balaban J connectivity index is 0.00000128. The summed E-state index contributed by atoms with van der Waals surface area (Å²) in [5, 5.41) is 6.38. The first-order chi connectivity index (χ1) is 7.18. The van der Waals surface area contributed by atoms with Crippen molar-refractivity contribution in [2.24, 2.45) is 11.3 Å². The van der Waals surface area contributed by atoms with Crippen molar-refractivity contribution in [1.82, 2.24) is 10.6 Å². The fourth-order valence-electron chi connectivity index (χ4n) is 2.09. The highest BCUT2D eigenvalue weighted by atomic mass is 35.5. The Kier molecular flexibility index (Phi) is 5.06. The molecule has 1 heterocycles. The normalized spacial score (nSPS) is 25.9. The van der Waals surface area contributed by atoms with Crippen LogP contribution < -0.4 is 10.6 Å². The Bertz CT molecular complexity index is 235. The molecule has 2 fully saturated rings. The van der Waals surface area contributed by atoms with Crippen molar-refractivity contribution in [3.05, 3.63) is 0 Å². The molecule has 2 N–H and O–H groups in total. The first-order valence-electron chi connectivity index (χ1n) is 6.15. The van der Waals surface area contributed by atoms with Gasteiger partial charge in [0, 0.05) is 13.0 Å². The van der Waals surface area contributed by atoms with Gasteiger partial charge in [0.1, 0.15) is 0 Å². The molecule has 2 aliphatic rings. The van der Waals surface area contributed by atoms with Crippen molar-refractivity contribution in [1.29, 1.82) is 0 Å². The van der Waals surface area contributed by atoms with Crippen molar-refractivity contribution in [3.63, 3.8) is 0 Å². The summed E-state index contributed by atoms with van der Waals surface area (Å²) in [5.74, 6) is 0.974. The molecule has 1 unspecified atom stereocenters. The number of nitrogens with one attached hydrogen (secondary N) is 2. The second kappa shape index (κ2) is 5.87. The zero-order valence-corrected chi connectivity index (χ0v) is 10.9. The predicted octanol–water partition coefficient (Wildman–Crippen LogP) is 1.71. The summed E-state index contributed by atoms with van der Waals surface area (Å²) in [5.41, 5.74) is 0.435. The highest BCUT2D eigenvalue weighted by molar-refractivity contribution is 5.85. The van der Waals surface area contributed by atoms with E-state index in [1.807, 2.05) is 0 Å². The van der Waals surface area contributed by atoms with E-state index < -0.39 is 0 Å². The molecule has 94 valence electrons. The number of hydrogen-bond donors (Lipinski definition) is 2. The molecule has 1 aliphatic carbocycles. The molecular weight excluding hydrogens is 224 g/mol. The summed E-state index contributed by atoms with van der Waals surface area (Å²) < 4.78 is 0. The molecule has 0 aromatic heterocycles. The van der Waals surface area contributed by atoms with Gasteiger partial charge in [0.2, 0.25) is 5.91 Å². The lowest BCUT2D eigenvalue weighted by atomic mass is 10.0. The van der Waals surface area contributed by atoms with E-state index in [-0.39, 0.29) is 18.3 Å². The van der Waals surface area contributed by atoms with Gasteiger partial charge in [-0.25, -0.2) is 0 Å². The maximum absolute atomic E-state index is 11.5.